The Morgan fingerprint density at radius 2 is 1.46 bits per heavy atom. The average Bonchev–Trinajstić information content (AvgIpc) is 3.07. The zero-order valence-corrected chi connectivity index (χ0v) is 16.1. The fourth-order valence-corrected chi connectivity index (χ4v) is 3.22. The van der Waals surface area contributed by atoms with E-state index in [4.69, 9.17) is 27.9 Å². The van der Waals surface area contributed by atoms with Gasteiger partial charge in [-0.25, -0.2) is 9.59 Å². The number of carboxylic acid groups (broad SMARTS) is 2. The summed E-state index contributed by atoms with van der Waals surface area (Å²) in [6, 6.07) is 3.58. The van der Waals surface area contributed by atoms with Crippen LogP contribution in [0.25, 0.3) is 0 Å². The summed E-state index contributed by atoms with van der Waals surface area (Å²) in [5, 5.41) is 15.6. The van der Waals surface area contributed by atoms with E-state index >= 15 is 0 Å². The highest BCUT2D eigenvalue weighted by molar-refractivity contribution is 5.89. The molecule has 0 aliphatic heterocycles. The van der Waals surface area contributed by atoms with Gasteiger partial charge in [0.05, 0.1) is 22.3 Å². The molecule has 7 nitrogen and oxygen atoms in total. The van der Waals surface area contributed by atoms with Crippen molar-refractivity contribution < 1.29 is 37.5 Å². The van der Waals surface area contributed by atoms with Gasteiger partial charge in [0, 0.05) is 18.2 Å². The van der Waals surface area contributed by atoms with Crippen molar-refractivity contribution >= 4 is 11.9 Å². The number of methoxy groups -OCH3 is 2. The smallest absolute Gasteiger partial charge is 0.328 e. The third-order valence-electron chi connectivity index (χ3n) is 4.30. The Bertz CT molecular complexity index is 802. The van der Waals surface area contributed by atoms with Gasteiger partial charge in [-0.1, -0.05) is 13.8 Å². The van der Waals surface area contributed by atoms with E-state index in [1.165, 1.54) is 0 Å². The number of hydrogen-bond acceptors (Lipinski definition) is 5. The summed E-state index contributed by atoms with van der Waals surface area (Å²) >= 11 is 0. The summed E-state index contributed by atoms with van der Waals surface area (Å²) in [5.41, 5.74) is 1.98. The molecule has 2 N–H and O–H groups in total. The van der Waals surface area contributed by atoms with Gasteiger partial charge in [0.15, 0.2) is 11.5 Å². The van der Waals surface area contributed by atoms with Crippen molar-refractivity contribution in [2.75, 3.05) is 27.2 Å². The number of rotatable bonds is 9. The molecule has 1 aromatic carbocycles. The van der Waals surface area contributed by atoms with Gasteiger partial charge in [-0.15, -0.1) is 0 Å². The lowest BCUT2D eigenvalue weighted by atomic mass is 10.1. The summed E-state index contributed by atoms with van der Waals surface area (Å²) in [6.45, 7) is 6.30. The maximum absolute atomic E-state index is 9.55. The molecule has 0 radical (unpaired) electrons. The largest absolute Gasteiger partial charge is 0.493 e. The molecule has 0 unspecified atom stereocenters. The number of carboxylic acids is 2. The minimum absolute atomic E-state index is 0.0435. The molecule has 28 heavy (non-hydrogen) atoms. The first kappa shape index (κ1) is 15.4. The van der Waals surface area contributed by atoms with Crippen LogP contribution in [0.2, 0.25) is 0 Å². The van der Waals surface area contributed by atoms with E-state index in [0.29, 0.717) is 18.2 Å². The predicted octanol–water partition coefficient (Wildman–Crippen LogP) is 3.00. The number of nitrogens with zero attached hydrogens (tertiary/aromatic N) is 1. The Morgan fingerprint density at radius 1 is 1.04 bits per heavy atom. The van der Waals surface area contributed by atoms with Crippen molar-refractivity contribution in [3.63, 3.8) is 0 Å². The van der Waals surface area contributed by atoms with Crippen LogP contribution in [-0.2, 0) is 22.4 Å². The van der Waals surface area contributed by atoms with Crippen LogP contribution in [0.3, 0.4) is 0 Å². The Labute approximate surface area is 175 Å². The third-order valence-corrected chi connectivity index (χ3v) is 4.30. The molecule has 0 fully saturated rings. The van der Waals surface area contributed by atoms with Crippen molar-refractivity contribution in [1.29, 1.82) is 0 Å². The van der Waals surface area contributed by atoms with Crippen LogP contribution < -0.4 is 9.47 Å². The number of aliphatic carboxylic acids is 2. The van der Waals surface area contributed by atoms with Gasteiger partial charge in [0.2, 0.25) is 0 Å². The summed E-state index contributed by atoms with van der Waals surface area (Å²) in [4.78, 5) is 21.5. The van der Waals surface area contributed by atoms with Gasteiger partial charge in [-0.2, -0.15) is 0 Å². The van der Waals surface area contributed by atoms with Gasteiger partial charge in [-0.05, 0) is 62.0 Å². The highest BCUT2D eigenvalue weighted by Gasteiger charge is 2.27. The SMILES string of the molecule is O=C(O)/C=C\C(=O)O.[2H]C([2H])([2H])Oc1cc2c(cc1OC([2H])([2H])[2H])CC(N(CCC)CCC)C2. The number of hydrogen-bond donors (Lipinski definition) is 2. The molecular formula is C21H31NO6. The van der Waals surface area contributed by atoms with Crippen LogP contribution in [-0.4, -0.2) is 60.3 Å². The summed E-state index contributed by atoms with van der Waals surface area (Å²) in [6.07, 6.45) is 4.83. The Morgan fingerprint density at radius 3 is 1.79 bits per heavy atom. The van der Waals surface area contributed by atoms with Crippen LogP contribution in [0.15, 0.2) is 24.3 Å². The predicted molar refractivity (Wildman–Crippen MR) is 107 cm³/mol. The maximum Gasteiger partial charge on any atom is 0.328 e. The molecule has 2 rings (SSSR count). The number of fused-ring (bicyclic) bond motifs is 1. The van der Waals surface area contributed by atoms with Gasteiger partial charge in [-0.3, -0.25) is 4.90 Å². The summed E-state index contributed by atoms with van der Waals surface area (Å²) in [5.74, 6) is -2.60. The summed E-state index contributed by atoms with van der Waals surface area (Å²) < 4.78 is 53.9. The average molecular weight is 400 g/mol. The molecular weight excluding hydrogens is 362 g/mol. The second-order valence-electron chi connectivity index (χ2n) is 6.38. The molecule has 0 amide bonds. The van der Waals surface area contributed by atoms with Crippen LogP contribution in [0, 0.1) is 0 Å². The second-order valence-corrected chi connectivity index (χ2v) is 6.38. The molecule has 1 aliphatic carbocycles. The normalized spacial score (nSPS) is 17.2. The lowest BCUT2D eigenvalue weighted by Gasteiger charge is -2.27. The Kier molecular flexibility index (Phi) is 6.61. The monoisotopic (exact) mass is 399 g/mol. The molecule has 0 saturated heterocycles. The van der Waals surface area contributed by atoms with Gasteiger partial charge in [0.25, 0.3) is 0 Å². The Balaban J connectivity index is 0.000000620. The summed E-state index contributed by atoms with van der Waals surface area (Å²) in [7, 11) is -5.34. The molecule has 156 valence electrons. The standard InChI is InChI=1S/C17H27NO2.C4H4O4/c1-5-7-18(8-6-2)15-9-13-11-16(19-3)17(20-4)12-14(13)10-15;5-3(6)1-2-4(7)8/h11-12,15H,5-10H2,1-4H3;1-2H,(H,5,6)(H,7,8)/b;2-1-/i3D3,4D3;. The van der Waals surface area contributed by atoms with Crippen LogP contribution in [0.4, 0.5) is 0 Å². The minimum Gasteiger partial charge on any atom is -0.493 e. The number of carbonyl (C=O) groups is 2. The molecule has 0 aromatic heterocycles. The first-order valence-electron chi connectivity index (χ1n) is 12.1. The second kappa shape index (κ2) is 12.0. The van der Waals surface area contributed by atoms with Crippen LogP contribution in [0.5, 0.6) is 11.5 Å². The topological polar surface area (TPSA) is 96.3 Å². The molecule has 7 heteroatoms. The van der Waals surface area contributed by atoms with Crippen molar-refractivity contribution in [3.05, 3.63) is 35.4 Å². The fourth-order valence-electron chi connectivity index (χ4n) is 3.22. The van der Waals surface area contributed by atoms with E-state index in [0.717, 1.165) is 49.9 Å². The van der Waals surface area contributed by atoms with Gasteiger partial charge < -0.3 is 19.7 Å². The van der Waals surface area contributed by atoms with Gasteiger partial charge >= 0.3 is 11.9 Å². The molecule has 0 saturated carbocycles. The fraction of sp³-hybridized carbons (Fsp3) is 0.524. The molecule has 0 spiro atoms. The van der Waals surface area contributed by atoms with Crippen molar-refractivity contribution in [1.82, 2.24) is 4.90 Å². The minimum atomic E-state index is -2.67. The van der Waals surface area contributed by atoms with E-state index in [1.54, 1.807) is 12.1 Å². The zero-order chi connectivity index (χ0) is 26.1. The zero-order valence-electron chi connectivity index (χ0n) is 22.1. The van der Waals surface area contributed by atoms with E-state index in [1.807, 2.05) is 0 Å². The van der Waals surface area contributed by atoms with E-state index < -0.39 is 26.0 Å². The molecule has 1 aliphatic rings. The molecule has 0 heterocycles. The van der Waals surface area contributed by atoms with E-state index in [-0.39, 0.29) is 11.5 Å². The van der Waals surface area contributed by atoms with Crippen molar-refractivity contribution in [2.24, 2.45) is 0 Å². The van der Waals surface area contributed by atoms with Crippen molar-refractivity contribution in [3.8, 4) is 11.5 Å². The number of benzene rings is 1. The van der Waals surface area contributed by atoms with Gasteiger partial charge in [0.1, 0.15) is 0 Å². The van der Waals surface area contributed by atoms with E-state index in [2.05, 4.69) is 18.7 Å². The first-order chi connectivity index (χ1) is 15.6. The maximum atomic E-state index is 9.55. The lowest BCUT2D eigenvalue weighted by Crippen LogP contribution is -2.37. The van der Waals surface area contributed by atoms with E-state index in [9.17, 15) is 9.59 Å². The molecule has 1 aromatic rings. The number of ether oxygens (including phenoxy) is 2. The quantitative estimate of drug-likeness (QED) is 0.616. The highest BCUT2D eigenvalue weighted by Crippen LogP contribution is 2.36. The first-order valence-corrected chi connectivity index (χ1v) is 9.07. The molecule has 0 atom stereocenters. The highest BCUT2D eigenvalue weighted by atomic mass is 16.5. The Hall–Kier alpha value is -2.54. The third kappa shape index (κ3) is 7.23. The lowest BCUT2D eigenvalue weighted by molar-refractivity contribution is -0.134. The van der Waals surface area contributed by atoms with Crippen LogP contribution >= 0.6 is 0 Å². The van der Waals surface area contributed by atoms with Crippen molar-refractivity contribution in [2.45, 2.75) is 45.6 Å². The molecule has 0 bridgehead atoms. The van der Waals surface area contributed by atoms with Crippen LogP contribution in [0.1, 0.15) is 46.0 Å².